The Hall–Kier alpha value is -13.7. The highest BCUT2D eigenvalue weighted by atomic mass is 17.3. The van der Waals surface area contributed by atoms with Crippen LogP contribution in [0.1, 0.15) is 92.7 Å². The predicted octanol–water partition coefficient (Wildman–Crippen LogP) is 8.31. The van der Waals surface area contributed by atoms with E-state index in [4.69, 9.17) is 89.0 Å². The molecule has 39 nitrogen and oxygen atoms in total. The first-order chi connectivity index (χ1) is 60.6. The molecule has 130 heavy (non-hydrogen) atoms. The van der Waals surface area contributed by atoms with Gasteiger partial charge in [0.05, 0.1) is 61.4 Å². The summed E-state index contributed by atoms with van der Waals surface area (Å²) >= 11 is 0. The highest BCUT2D eigenvalue weighted by Crippen LogP contribution is 2.52. The largest absolute Gasteiger partial charge is 0.504 e. The standard InChI is InChI=1S/C20H26O9.C19H24O9.C18H17NO8.2C11H10O3.C10H8O4.C2H3N.H2O/c1-17(10-21)19(3,24)20(4,25)18(2,23)16(29-17)28-14-8-11-6-7-15(22)27-12(11)9-13(14)26-5;1-16(9-20)18(3,24)19(4,25)17(2,23)15(28-16)27-13-7-10-5-6-14(22)26-12(10)8-11(13)21;1-11(26-27-19-16(20)4-5-17(19)21)7-8-24-15-9-12-3-6-18(22)25-13(12)10-14(15)23-2;2*1-7-5-8-3-4-11(12)14-10(8)6-9(7)13-2;1-13-9-5-8-6(4-7(9)11)2-3-10(12)14-8;1-2-3;/h6-9,16,21,23-25H,10H2,1-5H3;5-8,15,20-21,23-25H,9H2,1-4H3;3,6,9-10H,1,4-5,7-8H2,2H3;2*3-6H,1-2H3;2-5,11H,1H3;1H3;1H2. The van der Waals surface area contributed by atoms with Gasteiger partial charge in [0.15, 0.2) is 57.2 Å². The Morgan fingerprint density at radius 1 is 0.415 bits per heavy atom. The van der Waals surface area contributed by atoms with Crippen molar-refractivity contribution >= 4 is 77.6 Å². The molecule has 0 aliphatic carbocycles. The minimum atomic E-state index is -2.17. The summed E-state index contributed by atoms with van der Waals surface area (Å²) in [6.45, 7) is 18.0. The van der Waals surface area contributed by atoms with Crippen LogP contribution in [0.4, 0.5) is 0 Å². The summed E-state index contributed by atoms with van der Waals surface area (Å²) in [5.74, 6) is 1.66. The maximum atomic E-state index is 11.4. The van der Waals surface area contributed by atoms with Crippen LogP contribution in [0.3, 0.4) is 0 Å². The van der Waals surface area contributed by atoms with Crippen LogP contribution in [0.15, 0.2) is 213 Å². The number of hydrogen-bond acceptors (Lipinski definition) is 37. The molecule has 0 radical (unpaired) electrons. The Kier molecular flexibility index (Phi) is 32.2. The molecule has 0 bridgehead atoms. The normalized spacial score (nSPS) is 23.0. The van der Waals surface area contributed by atoms with Crippen molar-refractivity contribution in [3.05, 3.63) is 232 Å². The van der Waals surface area contributed by atoms with Gasteiger partial charge in [-0.15, -0.1) is 5.06 Å². The van der Waals surface area contributed by atoms with Crippen LogP contribution in [-0.4, -0.2) is 186 Å². The van der Waals surface area contributed by atoms with Crippen molar-refractivity contribution in [2.24, 2.45) is 0 Å². The van der Waals surface area contributed by atoms with Crippen molar-refractivity contribution in [3.63, 3.8) is 0 Å². The number of aryl methyl sites for hydroxylation is 2. The zero-order valence-electron chi connectivity index (χ0n) is 73.4. The Labute approximate surface area is 738 Å². The van der Waals surface area contributed by atoms with Crippen molar-refractivity contribution in [3.8, 4) is 63.6 Å². The van der Waals surface area contributed by atoms with Gasteiger partial charge in [-0.05, 0) is 158 Å². The maximum absolute atomic E-state index is 11.4. The van der Waals surface area contributed by atoms with Crippen molar-refractivity contribution in [1.82, 2.24) is 5.06 Å². The van der Waals surface area contributed by atoms with Crippen LogP contribution in [0.2, 0.25) is 0 Å². The number of hydroxylamine groups is 2. The fourth-order valence-electron chi connectivity index (χ4n) is 13.3. The van der Waals surface area contributed by atoms with Crippen LogP contribution < -0.4 is 71.6 Å². The van der Waals surface area contributed by atoms with Gasteiger partial charge in [-0.2, -0.15) is 5.26 Å². The Balaban J connectivity index is 0.000000196. The first kappa shape index (κ1) is 102. The van der Waals surface area contributed by atoms with Gasteiger partial charge in [0.25, 0.3) is 11.8 Å². The van der Waals surface area contributed by atoms with Crippen LogP contribution in [0.25, 0.3) is 65.8 Å². The van der Waals surface area contributed by atoms with Gasteiger partial charge in [0, 0.05) is 131 Å². The molecule has 3 aliphatic rings. The number of nitrogens with zero attached hydrogens (tertiary/aromatic N) is 2. The third-order valence-electron chi connectivity index (χ3n) is 22.2. The molecule has 9 heterocycles. The van der Waals surface area contributed by atoms with Crippen LogP contribution in [0.5, 0.6) is 57.5 Å². The molecule has 3 aliphatic heterocycles. The number of ether oxygens (including phenoxy) is 10. The lowest BCUT2D eigenvalue weighted by atomic mass is 9.63. The number of phenols is 2. The number of carbonyl (C=O) groups is 2. The lowest BCUT2D eigenvalue weighted by Gasteiger charge is -2.61. The first-order valence-electron chi connectivity index (χ1n) is 39.1. The fourth-order valence-corrected chi connectivity index (χ4v) is 13.3. The smallest absolute Gasteiger partial charge is 0.336 e. The van der Waals surface area contributed by atoms with Crippen molar-refractivity contribution in [1.29, 1.82) is 5.26 Å². The molecule has 12 N–H and O–H groups in total. The SMILES string of the molecule is C=C(CCOc1cc2ccc(=O)oc2cc1OC)OON1C(=O)CCC1=O.CC#N.CC1(CO)OC(Oc2cc3ccc(=O)oc3cc2O)C(C)(O)C(C)(O)C1(C)O.COc1cc2oc(=O)ccc2cc1C.COc1cc2oc(=O)ccc2cc1C.COc1cc2oc(=O)ccc2cc1O.COc1cc2oc(=O)ccc2cc1OC1OC(C)(CO)C(C)(O)C(C)(O)C1(C)O.O. The van der Waals surface area contributed by atoms with Gasteiger partial charge < -0.3 is 135 Å². The van der Waals surface area contributed by atoms with E-state index in [2.05, 4.69) is 6.58 Å². The van der Waals surface area contributed by atoms with Gasteiger partial charge in [-0.3, -0.25) is 9.59 Å². The van der Waals surface area contributed by atoms with Gasteiger partial charge in [-0.1, -0.05) is 6.58 Å². The Morgan fingerprint density at radius 2 is 0.700 bits per heavy atom. The summed E-state index contributed by atoms with van der Waals surface area (Å²) in [6.07, 6.45) is -2.63. The zero-order valence-corrected chi connectivity index (χ0v) is 73.4. The third kappa shape index (κ3) is 21.6. The molecule has 15 rings (SSSR count). The molecule has 6 aromatic carbocycles. The average Bonchev–Trinajstić information content (AvgIpc) is 0.853. The van der Waals surface area contributed by atoms with E-state index < -0.39 is 111 Å². The number of aliphatic hydroxyl groups is 8. The molecule has 3 fully saturated rings. The van der Waals surface area contributed by atoms with E-state index in [0.717, 1.165) is 33.4 Å². The lowest BCUT2D eigenvalue weighted by molar-refractivity contribution is -0.404. The number of nitriles is 1. The molecule has 3 saturated heterocycles. The number of fused-ring (bicyclic) bond motifs is 6. The average molecular weight is 1810 g/mol. The molecule has 39 heteroatoms. The minimum Gasteiger partial charge on any atom is -0.504 e. The van der Waals surface area contributed by atoms with Crippen LogP contribution in [0, 0.1) is 25.2 Å². The highest BCUT2D eigenvalue weighted by molar-refractivity contribution is 6.00. The van der Waals surface area contributed by atoms with E-state index in [0.29, 0.717) is 60.4 Å². The molecule has 10 atom stereocenters. The number of rotatable bonds is 18. The number of methoxy groups -OCH3 is 5. The molecule has 0 spiro atoms. The number of phenolic OH excluding ortho intramolecular Hbond substituents is 2. The zero-order chi connectivity index (χ0) is 95.4. The summed E-state index contributed by atoms with van der Waals surface area (Å²) in [4.78, 5) is 99.3. The predicted molar refractivity (Wildman–Crippen MR) is 464 cm³/mol. The van der Waals surface area contributed by atoms with Crippen molar-refractivity contribution < 1.29 is 150 Å². The summed E-state index contributed by atoms with van der Waals surface area (Å²) in [6, 6.07) is 38.3. The number of amides is 2. The number of aromatic hydroxyl groups is 2. The van der Waals surface area contributed by atoms with E-state index in [-0.39, 0.29) is 88.3 Å². The number of hydrogen-bond donors (Lipinski definition) is 10. The molecule has 696 valence electrons. The Bertz CT molecular complexity index is 6290. The summed E-state index contributed by atoms with van der Waals surface area (Å²) in [5, 5.41) is 117. The molecular formula is C91H100N2O37. The number of aliphatic hydroxyl groups excluding tert-OH is 2. The van der Waals surface area contributed by atoms with Gasteiger partial charge >= 0.3 is 33.8 Å². The molecule has 10 unspecified atom stereocenters. The van der Waals surface area contributed by atoms with Gasteiger partial charge in [0.2, 0.25) is 12.6 Å². The summed E-state index contributed by atoms with van der Waals surface area (Å²) in [5.41, 5.74) is -14.3. The second kappa shape index (κ2) is 41.1. The molecule has 12 aromatic rings. The molecule has 2 amide bonds. The van der Waals surface area contributed by atoms with Gasteiger partial charge in [-0.25, -0.2) is 28.8 Å². The second-order valence-corrected chi connectivity index (χ2v) is 30.8. The number of imide groups is 1. The van der Waals surface area contributed by atoms with Crippen LogP contribution >= 0.6 is 0 Å². The second-order valence-electron chi connectivity index (χ2n) is 30.8. The quantitative estimate of drug-likeness (QED) is 0.0127. The monoisotopic (exact) mass is 1810 g/mol. The maximum Gasteiger partial charge on any atom is 0.336 e. The van der Waals surface area contributed by atoms with Crippen molar-refractivity contribution in [2.75, 3.05) is 55.4 Å². The van der Waals surface area contributed by atoms with Crippen LogP contribution in [-0.2, 0) is 28.9 Å². The van der Waals surface area contributed by atoms with Gasteiger partial charge in [0.1, 0.15) is 84.4 Å². The summed E-state index contributed by atoms with van der Waals surface area (Å²) < 4.78 is 84.4. The topological polar surface area (TPSA) is 587 Å². The number of carbonyl (C=O) groups excluding carboxylic acids is 2. The fraction of sp³-hybridized carbons (Fsp3) is 0.352. The lowest BCUT2D eigenvalue weighted by Crippen LogP contribution is -2.82. The Morgan fingerprint density at radius 3 is 1.05 bits per heavy atom. The van der Waals surface area contributed by atoms with E-state index in [1.807, 2.05) is 26.0 Å². The van der Waals surface area contributed by atoms with Crippen molar-refractivity contribution in [2.45, 2.75) is 153 Å². The molecule has 0 saturated carbocycles. The first-order valence-corrected chi connectivity index (χ1v) is 39.1. The minimum absolute atomic E-state index is 0. The third-order valence-corrected chi connectivity index (χ3v) is 22.2. The van der Waals surface area contributed by atoms with E-state index >= 15 is 0 Å². The number of benzene rings is 6. The summed E-state index contributed by atoms with van der Waals surface area (Å²) in [7, 11) is 7.47. The van der Waals surface area contributed by atoms with E-state index in [9.17, 15) is 89.4 Å². The van der Waals surface area contributed by atoms with E-state index in [1.165, 1.54) is 169 Å². The highest BCUT2D eigenvalue weighted by Gasteiger charge is 2.72. The molecule has 6 aromatic heterocycles. The van der Waals surface area contributed by atoms with E-state index in [1.54, 1.807) is 68.8 Å². The molecular weight excluding hydrogens is 1710 g/mol.